The molecule has 0 spiro atoms. The lowest BCUT2D eigenvalue weighted by atomic mass is 10.1. The van der Waals surface area contributed by atoms with E-state index < -0.39 is 31.3 Å². The Morgan fingerprint density at radius 2 is 1.85 bits per heavy atom. The highest BCUT2D eigenvalue weighted by Crippen LogP contribution is 2.18. The Balaban J connectivity index is 3.06. The Bertz CT molecular complexity index is 735. The molecule has 0 aliphatic rings. The summed E-state index contributed by atoms with van der Waals surface area (Å²) < 4.78 is 48.3. The van der Waals surface area contributed by atoms with Crippen LogP contribution in [0.5, 0.6) is 0 Å². The average Bonchev–Trinajstić information content (AvgIpc) is 2.36. The van der Waals surface area contributed by atoms with Crippen molar-refractivity contribution in [3.63, 3.8) is 0 Å². The summed E-state index contributed by atoms with van der Waals surface area (Å²) in [6.07, 6.45) is 0. The predicted molar refractivity (Wildman–Crippen MR) is 73.4 cm³/mol. The molecule has 3 N–H and O–H groups in total. The molecule has 0 bridgehead atoms. The first-order valence-corrected chi connectivity index (χ1v) is 8.70. The Hall–Kier alpha value is -1.47. The molecule has 20 heavy (non-hydrogen) atoms. The minimum atomic E-state index is -3.85. The molecule has 2 atom stereocenters. The topological polar surface area (TPSA) is 130 Å². The van der Waals surface area contributed by atoms with E-state index in [4.69, 9.17) is 10.4 Å². The molecule has 0 fully saturated rings. The van der Waals surface area contributed by atoms with Crippen LogP contribution in [0, 0.1) is 11.3 Å². The fourth-order valence-corrected chi connectivity index (χ4v) is 2.99. The number of rotatable bonds is 5. The van der Waals surface area contributed by atoms with Gasteiger partial charge in [-0.2, -0.15) is 5.26 Å². The van der Waals surface area contributed by atoms with Gasteiger partial charge in [-0.1, -0.05) is 12.1 Å². The van der Waals surface area contributed by atoms with Crippen molar-refractivity contribution in [2.45, 2.75) is 30.0 Å². The normalized spacial score (nSPS) is 15.3. The molecule has 1 rings (SSSR count). The summed E-state index contributed by atoms with van der Waals surface area (Å²) in [7, 11) is -7.65. The molecule has 0 radical (unpaired) electrons. The van der Waals surface area contributed by atoms with Crippen molar-refractivity contribution in [3.8, 4) is 6.07 Å². The van der Waals surface area contributed by atoms with Crippen molar-refractivity contribution in [2.24, 2.45) is 5.14 Å². The monoisotopic (exact) mass is 317 g/mol. The van der Waals surface area contributed by atoms with Gasteiger partial charge in [0.2, 0.25) is 20.0 Å². The third-order valence-electron chi connectivity index (χ3n) is 2.67. The highest BCUT2D eigenvalue weighted by molar-refractivity contribution is 7.90. The zero-order chi connectivity index (χ0) is 15.6. The summed E-state index contributed by atoms with van der Waals surface area (Å²) in [5.41, 5.74) is 0.435. The van der Waals surface area contributed by atoms with Gasteiger partial charge in [-0.15, -0.1) is 0 Å². The molecule has 7 nitrogen and oxygen atoms in total. The molecule has 0 aliphatic carbocycles. The van der Waals surface area contributed by atoms with E-state index in [9.17, 15) is 16.8 Å². The molecule has 0 aliphatic heterocycles. The number of nitrogens with one attached hydrogen (secondary N) is 1. The van der Waals surface area contributed by atoms with Crippen LogP contribution in [0.25, 0.3) is 0 Å². The van der Waals surface area contributed by atoms with Gasteiger partial charge in [-0.25, -0.2) is 26.7 Å². The number of hydrogen-bond donors (Lipinski definition) is 2. The van der Waals surface area contributed by atoms with Crippen molar-refractivity contribution in [1.29, 1.82) is 5.26 Å². The Labute approximate surface area is 118 Å². The van der Waals surface area contributed by atoms with Crippen molar-refractivity contribution in [3.05, 3.63) is 29.8 Å². The third-order valence-corrected chi connectivity index (χ3v) is 5.30. The molecular weight excluding hydrogens is 302 g/mol. The van der Waals surface area contributed by atoms with Gasteiger partial charge in [-0.05, 0) is 31.5 Å². The standard InChI is InChI=1S/C11H15N3O4S2/c1-8(7-12)20(17,18)14-9(2)10-4-3-5-11(6-10)19(13,15)16/h3-6,8-9,14H,1-2H3,(H2,13,15,16). The Morgan fingerprint density at radius 1 is 1.25 bits per heavy atom. The van der Waals surface area contributed by atoms with E-state index >= 15 is 0 Å². The van der Waals surface area contributed by atoms with Crippen molar-refractivity contribution >= 4 is 20.0 Å². The lowest BCUT2D eigenvalue weighted by molar-refractivity contribution is 0.562. The summed E-state index contributed by atoms with van der Waals surface area (Å²) in [5.74, 6) is 0. The van der Waals surface area contributed by atoms with E-state index in [-0.39, 0.29) is 4.90 Å². The smallest absolute Gasteiger partial charge is 0.225 e. The number of nitrogens with two attached hydrogens (primary N) is 1. The van der Waals surface area contributed by atoms with E-state index in [2.05, 4.69) is 4.72 Å². The van der Waals surface area contributed by atoms with E-state index in [1.165, 1.54) is 25.1 Å². The molecule has 0 saturated heterocycles. The number of hydrogen-bond acceptors (Lipinski definition) is 5. The first-order valence-electron chi connectivity index (χ1n) is 5.61. The zero-order valence-corrected chi connectivity index (χ0v) is 12.6. The van der Waals surface area contributed by atoms with Crippen LogP contribution in [0.3, 0.4) is 0 Å². The van der Waals surface area contributed by atoms with E-state index in [1.807, 2.05) is 0 Å². The Kier molecular flexibility index (Phi) is 4.88. The molecule has 2 unspecified atom stereocenters. The third kappa shape index (κ3) is 4.01. The number of nitriles is 1. The van der Waals surface area contributed by atoms with Crippen LogP contribution >= 0.6 is 0 Å². The van der Waals surface area contributed by atoms with E-state index in [0.29, 0.717) is 5.56 Å². The Morgan fingerprint density at radius 3 is 2.35 bits per heavy atom. The number of sulfonamides is 2. The van der Waals surface area contributed by atoms with Crippen molar-refractivity contribution in [1.82, 2.24) is 4.72 Å². The van der Waals surface area contributed by atoms with Crippen LogP contribution in [0.2, 0.25) is 0 Å². The summed E-state index contributed by atoms with van der Waals surface area (Å²) in [6, 6.07) is 6.59. The maximum atomic E-state index is 11.8. The molecule has 0 amide bonds. The van der Waals surface area contributed by atoms with Crippen LogP contribution < -0.4 is 9.86 Å². The molecule has 110 valence electrons. The lowest BCUT2D eigenvalue weighted by Gasteiger charge is -2.16. The summed E-state index contributed by atoms with van der Waals surface area (Å²) >= 11 is 0. The first kappa shape index (κ1) is 16.6. The van der Waals surface area contributed by atoms with E-state index in [1.54, 1.807) is 19.1 Å². The molecule has 0 heterocycles. The quantitative estimate of drug-likeness (QED) is 0.802. The summed E-state index contributed by atoms with van der Waals surface area (Å²) in [6.45, 7) is 2.81. The molecule has 1 aromatic rings. The fraction of sp³-hybridized carbons (Fsp3) is 0.364. The first-order chi connectivity index (χ1) is 9.08. The minimum Gasteiger partial charge on any atom is -0.225 e. The van der Waals surface area contributed by atoms with Gasteiger partial charge in [0.25, 0.3) is 0 Å². The van der Waals surface area contributed by atoms with Crippen LogP contribution in [-0.2, 0) is 20.0 Å². The molecular formula is C11H15N3O4S2. The number of nitrogens with zero attached hydrogens (tertiary/aromatic N) is 1. The van der Waals surface area contributed by atoms with Gasteiger partial charge in [0.05, 0.1) is 11.0 Å². The van der Waals surface area contributed by atoms with Crippen molar-refractivity contribution in [2.75, 3.05) is 0 Å². The molecule has 9 heteroatoms. The number of primary sulfonamides is 1. The highest BCUT2D eigenvalue weighted by atomic mass is 32.2. The fourth-order valence-electron chi connectivity index (χ4n) is 1.45. The van der Waals surface area contributed by atoms with E-state index in [0.717, 1.165) is 0 Å². The minimum absolute atomic E-state index is 0.102. The largest absolute Gasteiger partial charge is 0.238 e. The van der Waals surface area contributed by atoms with Gasteiger partial charge in [-0.3, -0.25) is 0 Å². The molecule has 1 aromatic carbocycles. The zero-order valence-electron chi connectivity index (χ0n) is 10.9. The van der Waals surface area contributed by atoms with Crippen LogP contribution in [0.15, 0.2) is 29.2 Å². The number of benzene rings is 1. The van der Waals surface area contributed by atoms with Crippen LogP contribution in [0.4, 0.5) is 0 Å². The second kappa shape index (κ2) is 5.88. The van der Waals surface area contributed by atoms with Crippen molar-refractivity contribution < 1.29 is 16.8 Å². The maximum Gasteiger partial charge on any atom is 0.238 e. The van der Waals surface area contributed by atoms with Gasteiger partial charge in [0.15, 0.2) is 5.25 Å². The highest BCUT2D eigenvalue weighted by Gasteiger charge is 2.23. The van der Waals surface area contributed by atoms with Crippen LogP contribution in [-0.4, -0.2) is 22.1 Å². The SMILES string of the molecule is CC(NS(=O)(=O)C(C)C#N)c1cccc(S(N)(=O)=O)c1. The van der Waals surface area contributed by atoms with Gasteiger partial charge in [0.1, 0.15) is 0 Å². The average molecular weight is 317 g/mol. The van der Waals surface area contributed by atoms with Crippen LogP contribution in [0.1, 0.15) is 25.5 Å². The second-order valence-corrected chi connectivity index (χ2v) is 7.87. The van der Waals surface area contributed by atoms with Gasteiger partial charge < -0.3 is 0 Å². The lowest BCUT2D eigenvalue weighted by Crippen LogP contribution is -2.33. The van der Waals surface area contributed by atoms with Gasteiger partial charge >= 0.3 is 0 Å². The maximum absolute atomic E-state index is 11.8. The molecule has 0 saturated carbocycles. The second-order valence-electron chi connectivity index (χ2n) is 4.27. The van der Waals surface area contributed by atoms with Gasteiger partial charge in [0, 0.05) is 6.04 Å². The summed E-state index contributed by atoms with van der Waals surface area (Å²) in [4.78, 5) is -0.102. The predicted octanol–water partition coefficient (Wildman–Crippen LogP) is 0.226. The summed E-state index contributed by atoms with van der Waals surface area (Å²) in [5, 5.41) is 12.5. The molecule has 0 aromatic heterocycles.